The SMILES string of the molecule is FC1(F)C(F)(F)C(F)(Oc2ccccc2)C1(F)Oc1ccccc1. The van der Waals surface area contributed by atoms with Crippen LogP contribution in [0.4, 0.5) is 26.3 Å². The molecule has 1 saturated carbocycles. The maximum Gasteiger partial charge on any atom is 0.395 e. The van der Waals surface area contributed by atoms with Gasteiger partial charge in [0.25, 0.3) is 0 Å². The van der Waals surface area contributed by atoms with Crippen molar-refractivity contribution >= 4 is 0 Å². The largest absolute Gasteiger partial charge is 0.447 e. The van der Waals surface area contributed by atoms with Crippen molar-refractivity contribution in [2.45, 2.75) is 23.6 Å². The van der Waals surface area contributed by atoms with E-state index in [1.165, 1.54) is 36.4 Å². The molecule has 2 unspecified atom stereocenters. The summed E-state index contributed by atoms with van der Waals surface area (Å²) >= 11 is 0. The molecular formula is C16H10F6O2. The van der Waals surface area contributed by atoms with Crippen LogP contribution in [0.5, 0.6) is 11.5 Å². The fraction of sp³-hybridized carbons (Fsp3) is 0.250. The van der Waals surface area contributed by atoms with Crippen LogP contribution in [0, 0.1) is 0 Å². The number of benzene rings is 2. The van der Waals surface area contributed by atoms with Gasteiger partial charge >= 0.3 is 23.6 Å². The minimum absolute atomic E-state index is 0.547. The first-order chi connectivity index (χ1) is 11.2. The monoisotopic (exact) mass is 348 g/mol. The van der Waals surface area contributed by atoms with Crippen LogP contribution in [0.25, 0.3) is 0 Å². The van der Waals surface area contributed by atoms with Crippen molar-refractivity contribution in [1.82, 2.24) is 0 Å². The number of ether oxygens (including phenoxy) is 2. The Morgan fingerprint density at radius 1 is 0.500 bits per heavy atom. The lowest BCUT2D eigenvalue weighted by Crippen LogP contribution is -2.89. The standard InChI is InChI=1S/C16H10F6O2/c17-13(18)14(19,20)16(22,24-12-9-5-2-6-10-12)15(13,21)23-11-7-3-1-4-8-11/h1-10H. The summed E-state index contributed by atoms with van der Waals surface area (Å²) in [6.45, 7) is 0. The van der Waals surface area contributed by atoms with Gasteiger partial charge in [-0.1, -0.05) is 36.4 Å². The van der Waals surface area contributed by atoms with E-state index < -0.39 is 35.1 Å². The summed E-state index contributed by atoms with van der Waals surface area (Å²) in [6, 6.07) is 12.1. The molecule has 1 aliphatic rings. The molecule has 24 heavy (non-hydrogen) atoms. The molecule has 3 rings (SSSR count). The maximum absolute atomic E-state index is 14.6. The maximum atomic E-state index is 14.6. The number of para-hydroxylation sites is 2. The molecule has 2 aromatic carbocycles. The van der Waals surface area contributed by atoms with Gasteiger partial charge in [-0.05, 0) is 24.3 Å². The third-order valence-corrected chi connectivity index (χ3v) is 3.62. The van der Waals surface area contributed by atoms with E-state index in [1.807, 2.05) is 0 Å². The Morgan fingerprint density at radius 2 is 0.792 bits per heavy atom. The Balaban J connectivity index is 2.01. The van der Waals surface area contributed by atoms with Crippen LogP contribution in [0.1, 0.15) is 0 Å². The van der Waals surface area contributed by atoms with E-state index in [1.54, 1.807) is 0 Å². The van der Waals surface area contributed by atoms with E-state index in [4.69, 9.17) is 0 Å². The third kappa shape index (κ3) is 1.91. The summed E-state index contributed by atoms with van der Waals surface area (Å²) in [5.74, 6) is -21.4. The average Bonchev–Trinajstić information content (AvgIpc) is 2.55. The smallest absolute Gasteiger partial charge is 0.395 e. The molecule has 0 radical (unpaired) electrons. The molecule has 8 heteroatoms. The number of alkyl halides is 6. The van der Waals surface area contributed by atoms with E-state index in [0.717, 1.165) is 24.3 Å². The Kier molecular flexibility index (Phi) is 3.47. The van der Waals surface area contributed by atoms with Crippen molar-refractivity contribution in [3.8, 4) is 11.5 Å². The van der Waals surface area contributed by atoms with Gasteiger partial charge < -0.3 is 9.47 Å². The van der Waals surface area contributed by atoms with Crippen LogP contribution in [0.3, 0.4) is 0 Å². The average molecular weight is 348 g/mol. The Bertz CT molecular complexity index is 660. The van der Waals surface area contributed by atoms with Gasteiger partial charge in [-0.25, -0.2) is 0 Å². The van der Waals surface area contributed by atoms with Crippen molar-refractivity contribution < 1.29 is 35.8 Å². The van der Waals surface area contributed by atoms with Gasteiger partial charge in [-0.15, -0.1) is 0 Å². The molecule has 2 aromatic rings. The number of hydrogen-bond acceptors (Lipinski definition) is 2. The lowest BCUT2D eigenvalue weighted by Gasteiger charge is -2.55. The number of rotatable bonds is 4. The van der Waals surface area contributed by atoms with Gasteiger partial charge in [0.15, 0.2) is 0 Å². The van der Waals surface area contributed by atoms with Gasteiger partial charge in [-0.2, -0.15) is 26.3 Å². The van der Waals surface area contributed by atoms with Gasteiger partial charge in [-0.3, -0.25) is 0 Å². The lowest BCUT2D eigenvalue weighted by molar-refractivity contribution is -0.527. The zero-order valence-electron chi connectivity index (χ0n) is 11.9. The zero-order chi connectivity index (χ0) is 17.6. The normalized spacial score (nSPS) is 30.2. The van der Waals surface area contributed by atoms with Crippen molar-refractivity contribution in [2.24, 2.45) is 0 Å². The molecule has 0 spiro atoms. The Morgan fingerprint density at radius 3 is 1.08 bits per heavy atom. The molecule has 128 valence electrons. The molecule has 0 aliphatic heterocycles. The quantitative estimate of drug-likeness (QED) is 0.742. The summed E-state index contributed by atoms with van der Waals surface area (Å²) in [7, 11) is 0. The van der Waals surface area contributed by atoms with E-state index in [-0.39, 0.29) is 0 Å². The fourth-order valence-corrected chi connectivity index (χ4v) is 2.31. The molecule has 0 heterocycles. The molecule has 0 aromatic heterocycles. The topological polar surface area (TPSA) is 18.5 Å². The minimum Gasteiger partial charge on any atom is -0.447 e. The second-order valence-electron chi connectivity index (χ2n) is 5.17. The van der Waals surface area contributed by atoms with Gasteiger partial charge in [0.1, 0.15) is 11.5 Å². The molecular weight excluding hydrogens is 338 g/mol. The summed E-state index contributed by atoms with van der Waals surface area (Å²) in [6.07, 6.45) is 0. The second kappa shape index (κ2) is 5.06. The summed E-state index contributed by atoms with van der Waals surface area (Å²) in [4.78, 5) is 0. The van der Waals surface area contributed by atoms with Crippen LogP contribution in [0.15, 0.2) is 60.7 Å². The highest BCUT2D eigenvalue weighted by atomic mass is 19.3. The van der Waals surface area contributed by atoms with E-state index in [0.29, 0.717) is 0 Å². The van der Waals surface area contributed by atoms with Gasteiger partial charge in [0, 0.05) is 0 Å². The predicted octanol–water partition coefficient (Wildman–Crippen LogP) is 4.76. The van der Waals surface area contributed by atoms with Crippen LogP contribution in [0.2, 0.25) is 0 Å². The summed E-state index contributed by atoms with van der Waals surface area (Å²) in [5.41, 5.74) is 0. The van der Waals surface area contributed by atoms with Crippen molar-refractivity contribution in [1.29, 1.82) is 0 Å². The zero-order valence-corrected chi connectivity index (χ0v) is 11.9. The first-order valence-corrected chi connectivity index (χ1v) is 6.77. The van der Waals surface area contributed by atoms with E-state index >= 15 is 0 Å². The highest BCUT2D eigenvalue weighted by Crippen LogP contribution is 2.68. The van der Waals surface area contributed by atoms with Crippen LogP contribution >= 0.6 is 0 Å². The molecule has 0 saturated heterocycles. The molecule has 1 aliphatic carbocycles. The molecule has 0 bridgehead atoms. The van der Waals surface area contributed by atoms with Gasteiger partial charge in [0.05, 0.1) is 0 Å². The second-order valence-corrected chi connectivity index (χ2v) is 5.17. The Labute approximate surface area is 132 Å². The van der Waals surface area contributed by atoms with Crippen molar-refractivity contribution in [2.75, 3.05) is 0 Å². The van der Waals surface area contributed by atoms with Crippen molar-refractivity contribution in [3.05, 3.63) is 60.7 Å². The van der Waals surface area contributed by atoms with Crippen molar-refractivity contribution in [3.63, 3.8) is 0 Å². The third-order valence-electron chi connectivity index (χ3n) is 3.62. The number of hydrogen-bond donors (Lipinski definition) is 0. The summed E-state index contributed by atoms with van der Waals surface area (Å²) < 4.78 is 92.6. The molecule has 0 amide bonds. The molecule has 2 atom stereocenters. The minimum atomic E-state index is -5.43. The van der Waals surface area contributed by atoms with Gasteiger partial charge in [0.2, 0.25) is 0 Å². The first kappa shape index (κ1) is 16.5. The first-order valence-electron chi connectivity index (χ1n) is 6.77. The molecule has 2 nitrogen and oxygen atoms in total. The highest BCUT2D eigenvalue weighted by Gasteiger charge is 3.03. The lowest BCUT2D eigenvalue weighted by atomic mass is 9.76. The van der Waals surface area contributed by atoms with Crippen LogP contribution < -0.4 is 9.47 Å². The molecule has 0 N–H and O–H groups in total. The van der Waals surface area contributed by atoms with Crippen LogP contribution in [-0.2, 0) is 0 Å². The van der Waals surface area contributed by atoms with E-state index in [9.17, 15) is 26.3 Å². The fourth-order valence-electron chi connectivity index (χ4n) is 2.31. The molecule has 1 fully saturated rings. The van der Waals surface area contributed by atoms with Crippen LogP contribution in [-0.4, -0.2) is 23.6 Å². The predicted molar refractivity (Wildman–Crippen MR) is 71.7 cm³/mol. The highest BCUT2D eigenvalue weighted by molar-refractivity contribution is 5.33. The summed E-state index contributed by atoms with van der Waals surface area (Å²) in [5, 5.41) is 0. The Hall–Kier alpha value is -2.38. The number of halogens is 6. The van der Waals surface area contributed by atoms with E-state index in [2.05, 4.69) is 9.47 Å².